The van der Waals surface area contributed by atoms with Crippen LogP contribution in [-0.2, 0) is 6.42 Å². The maximum Gasteiger partial charge on any atom is 0.207 e. The minimum atomic E-state index is -0.158. The zero-order valence-electron chi connectivity index (χ0n) is 16.7. The lowest BCUT2D eigenvalue weighted by Crippen LogP contribution is -2.30. The fraction of sp³-hybridized carbons (Fsp3) is 0.125. The minimum absolute atomic E-state index is 0.126. The summed E-state index contributed by atoms with van der Waals surface area (Å²) < 4.78 is 5.93. The molecule has 0 aliphatic heterocycles. The van der Waals surface area contributed by atoms with Crippen LogP contribution in [0.1, 0.15) is 5.56 Å². The maximum absolute atomic E-state index is 12.1. The molecule has 0 aliphatic rings. The smallest absolute Gasteiger partial charge is 0.207 e. The summed E-state index contributed by atoms with van der Waals surface area (Å²) in [5.41, 5.74) is 10.9. The molecule has 3 aromatic heterocycles. The Morgan fingerprint density at radius 2 is 1.87 bits per heavy atom. The molecule has 0 saturated carbocycles. The molecule has 0 spiro atoms. The van der Waals surface area contributed by atoms with Crippen LogP contribution in [0.5, 0.6) is 5.75 Å². The number of aromatic amines is 2. The first-order chi connectivity index (χ1) is 15.2. The number of nitrogens with two attached hydrogens (primary N) is 1. The third-order valence-electron chi connectivity index (χ3n) is 5.32. The average molecular weight is 411 g/mol. The molecule has 4 N–H and O–H groups in total. The second-order valence-corrected chi connectivity index (χ2v) is 7.54. The van der Waals surface area contributed by atoms with Crippen LogP contribution in [0.2, 0.25) is 0 Å². The zero-order chi connectivity index (χ0) is 21.2. The van der Waals surface area contributed by atoms with E-state index in [1.807, 2.05) is 42.6 Å². The van der Waals surface area contributed by atoms with Gasteiger partial charge in [0.15, 0.2) is 0 Å². The van der Waals surface area contributed by atoms with E-state index < -0.39 is 0 Å². The van der Waals surface area contributed by atoms with E-state index in [0.29, 0.717) is 29.7 Å². The molecule has 2 aromatic carbocycles. The quantitative estimate of drug-likeness (QED) is 0.397. The van der Waals surface area contributed by atoms with Gasteiger partial charge in [0.05, 0.1) is 17.9 Å². The average Bonchev–Trinajstić information content (AvgIpc) is 3.21. The highest BCUT2D eigenvalue weighted by Crippen LogP contribution is 2.25. The number of aromatic nitrogens is 4. The van der Waals surface area contributed by atoms with Gasteiger partial charge >= 0.3 is 0 Å². The highest BCUT2D eigenvalue weighted by Gasteiger charge is 2.11. The maximum atomic E-state index is 12.1. The molecule has 0 fully saturated rings. The van der Waals surface area contributed by atoms with E-state index in [9.17, 15) is 4.79 Å². The first kappa shape index (κ1) is 19.0. The third kappa shape index (κ3) is 3.91. The predicted molar refractivity (Wildman–Crippen MR) is 121 cm³/mol. The normalized spacial score (nSPS) is 12.3. The van der Waals surface area contributed by atoms with E-state index >= 15 is 0 Å². The SMILES string of the molecule is NC(COc1cncc(-c2ccc3[nH]ncc(=O)c3c2)c1)Cc1c[nH]c2ccccc12. The molecule has 7 nitrogen and oxygen atoms in total. The molecular weight excluding hydrogens is 390 g/mol. The third-order valence-corrected chi connectivity index (χ3v) is 5.32. The van der Waals surface area contributed by atoms with Crippen molar-refractivity contribution in [2.24, 2.45) is 5.73 Å². The minimum Gasteiger partial charge on any atom is -0.490 e. The van der Waals surface area contributed by atoms with Gasteiger partial charge in [-0.05, 0) is 41.8 Å². The van der Waals surface area contributed by atoms with Crippen molar-refractivity contribution in [2.75, 3.05) is 6.61 Å². The number of rotatable bonds is 6. The Morgan fingerprint density at radius 1 is 0.968 bits per heavy atom. The molecule has 1 atom stereocenters. The summed E-state index contributed by atoms with van der Waals surface area (Å²) in [5, 5.41) is 8.43. The summed E-state index contributed by atoms with van der Waals surface area (Å²) >= 11 is 0. The fourth-order valence-electron chi connectivity index (χ4n) is 3.76. The number of benzene rings is 2. The number of nitrogens with one attached hydrogen (secondary N) is 2. The number of para-hydroxylation sites is 1. The van der Waals surface area contributed by atoms with E-state index in [1.54, 1.807) is 12.4 Å². The molecule has 3 heterocycles. The first-order valence-corrected chi connectivity index (χ1v) is 10.0. The van der Waals surface area contributed by atoms with E-state index in [-0.39, 0.29) is 11.5 Å². The van der Waals surface area contributed by atoms with Gasteiger partial charge in [0.25, 0.3) is 0 Å². The fourth-order valence-corrected chi connectivity index (χ4v) is 3.76. The molecule has 0 bridgehead atoms. The molecular formula is C24H21N5O2. The number of fused-ring (bicyclic) bond motifs is 2. The Morgan fingerprint density at radius 3 is 2.81 bits per heavy atom. The number of hydrogen-bond acceptors (Lipinski definition) is 5. The van der Waals surface area contributed by atoms with Crippen LogP contribution in [0.3, 0.4) is 0 Å². The standard InChI is InChI=1S/C24H21N5O2/c25-18(7-17-11-27-22-4-2-1-3-20(17)22)14-31-19-8-16(10-26-12-19)15-5-6-23-21(9-15)24(30)13-28-29-23/h1-6,8-13,18,27H,7,14,25H2,(H,29,30). The zero-order valence-corrected chi connectivity index (χ0v) is 16.7. The van der Waals surface area contributed by atoms with Crippen LogP contribution in [0.4, 0.5) is 0 Å². The number of nitrogens with zero attached hydrogens (tertiary/aromatic N) is 2. The van der Waals surface area contributed by atoms with Crippen molar-refractivity contribution in [2.45, 2.75) is 12.5 Å². The molecule has 0 amide bonds. The van der Waals surface area contributed by atoms with Crippen LogP contribution in [0.15, 0.2) is 78.1 Å². The lowest BCUT2D eigenvalue weighted by atomic mass is 10.0. The van der Waals surface area contributed by atoms with Crippen molar-refractivity contribution >= 4 is 21.8 Å². The molecule has 5 aromatic rings. The molecule has 1 unspecified atom stereocenters. The largest absolute Gasteiger partial charge is 0.490 e. The molecule has 0 saturated heterocycles. The van der Waals surface area contributed by atoms with Crippen molar-refractivity contribution < 1.29 is 4.74 Å². The second kappa shape index (κ2) is 8.04. The Bertz CT molecular complexity index is 1420. The van der Waals surface area contributed by atoms with Crippen LogP contribution >= 0.6 is 0 Å². The van der Waals surface area contributed by atoms with Crippen molar-refractivity contribution in [3.05, 3.63) is 89.1 Å². The van der Waals surface area contributed by atoms with Gasteiger partial charge in [-0.15, -0.1) is 0 Å². The highest BCUT2D eigenvalue weighted by atomic mass is 16.5. The Balaban J connectivity index is 1.30. The van der Waals surface area contributed by atoms with Crippen LogP contribution in [0, 0.1) is 0 Å². The molecule has 7 heteroatoms. The second-order valence-electron chi connectivity index (χ2n) is 7.54. The van der Waals surface area contributed by atoms with E-state index in [1.165, 1.54) is 17.1 Å². The van der Waals surface area contributed by atoms with Crippen molar-refractivity contribution in [1.29, 1.82) is 0 Å². The molecule has 154 valence electrons. The topological polar surface area (TPSA) is 110 Å². The lowest BCUT2D eigenvalue weighted by Gasteiger charge is -2.13. The van der Waals surface area contributed by atoms with Crippen LogP contribution in [-0.4, -0.2) is 32.8 Å². The number of hydrogen-bond donors (Lipinski definition) is 3. The summed E-state index contributed by atoms with van der Waals surface area (Å²) in [6.45, 7) is 0.369. The summed E-state index contributed by atoms with van der Waals surface area (Å²) in [4.78, 5) is 19.6. The van der Waals surface area contributed by atoms with Gasteiger partial charge < -0.3 is 15.5 Å². The molecule has 5 rings (SSSR count). The van der Waals surface area contributed by atoms with Gasteiger partial charge in [-0.1, -0.05) is 24.3 Å². The summed E-state index contributed by atoms with van der Waals surface area (Å²) in [5.74, 6) is 0.635. The van der Waals surface area contributed by atoms with E-state index in [2.05, 4.69) is 32.3 Å². The number of pyridine rings is 1. The molecule has 31 heavy (non-hydrogen) atoms. The molecule has 0 radical (unpaired) electrons. The van der Waals surface area contributed by atoms with Gasteiger partial charge in [-0.3, -0.25) is 14.9 Å². The monoisotopic (exact) mass is 411 g/mol. The Kier molecular flexibility index (Phi) is 4.93. The van der Waals surface area contributed by atoms with Crippen LogP contribution < -0.4 is 15.9 Å². The van der Waals surface area contributed by atoms with Gasteiger partial charge in [0, 0.05) is 40.3 Å². The van der Waals surface area contributed by atoms with Crippen molar-refractivity contribution in [3.63, 3.8) is 0 Å². The first-order valence-electron chi connectivity index (χ1n) is 10.0. The number of ether oxygens (including phenoxy) is 1. The summed E-state index contributed by atoms with van der Waals surface area (Å²) in [7, 11) is 0. The Hall–Kier alpha value is -3.97. The van der Waals surface area contributed by atoms with Gasteiger partial charge in [0.2, 0.25) is 5.43 Å². The lowest BCUT2D eigenvalue weighted by molar-refractivity contribution is 0.287. The summed E-state index contributed by atoms with van der Waals surface area (Å²) in [6, 6.07) is 15.5. The van der Waals surface area contributed by atoms with Crippen molar-refractivity contribution in [1.82, 2.24) is 20.2 Å². The Labute approximate surface area is 177 Å². The highest BCUT2D eigenvalue weighted by molar-refractivity contribution is 5.84. The summed E-state index contributed by atoms with van der Waals surface area (Å²) in [6.07, 6.45) is 7.40. The van der Waals surface area contributed by atoms with Crippen molar-refractivity contribution in [3.8, 4) is 16.9 Å². The van der Waals surface area contributed by atoms with E-state index in [4.69, 9.17) is 10.5 Å². The van der Waals surface area contributed by atoms with Gasteiger partial charge in [0.1, 0.15) is 12.4 Å². The molecule has 0 aliphatic carbocycles. The van der Waals surface area contributed by atoms with Gasteiger partial charge in [-0.25, -0.2) is 0 Å². The predicted octanol–water partition coefficient (Wildman–Crippen LogP) is 3.42. The number of H-pyrrole nitrogens is 2. The van der Waals surface area contributed by atoms with Crippen LogP contribution in [0.25, 0.3) is 32.9 Å². The van der Waals surface area contributed by atoms with E-state index in [0.717, 1.165) is 16.6 Å². The van der Waals surface area contributed by atoms with Gasteiger partial charge in [-0.2, -0.15) is 5.10 Å².